The van der Waals surface area contributed by atoms with Crippen molar-refractivity contribution in [2.75, 3.05) is 31.1 Å². The van der Waals surface area contributed by atoms with Gasteiger partial charge in [0.15, 0.2) is 0 Å². The number of aromatic nitrogens is 1. The van der Waals surface area contributed by atoms with Crippen molar-refractivity contribution in [3.05, 3.63) is 53.2 Å². The number of aromatic hydroxyl groups is 1. The van der Waals surface area contributed by atoms with Crippen molar-refractivity contribution in [1.82, 2.24) is 9.88 Å². The quantitative estimate of drug-likeness (QED) is 0.749. The van der Waals surface area contributed by atoms with Gasteiger partial charge in [0.1, 0.15) is 11.5 Å². The summed E-state index contributed by atoms with van der Waals surface area (Å²) < 4.78 is 5.73. The molecule has 0 saturated carbocycles. The van der Waals surface area contributed by atoms with Crippen molar-refractivity contribution in [3.63, 3.8) is 0 Å². The van der Waals surface area contributed by atoms with Gasteiger partial charge in [-0.05, 0) is 30.5 Å². The number of oxazole rings is 1. The molecule has 1 N–H and O–H groups in total. The topological polar surface area (TPSA) is 69.8 Å². The lowest BCUT2D eigenvalue weighted by atomic mass is 10.2. The van der Waals surface area contributed by atoms with Gasteiger partial charge in [-0.25, -0.2) is 4.98 Å². The average Bonchev–Trinajstić information content (AvgIpc) is 3.33. The van der Waals surface area contributed by atoms with Gasteiger partial charge in [0.25, 0.3) is 0 Å². The predicted molar refractivity (Wildman–Crippen MR) is 105 cm³/mol. The van der Waals surface area contributed by atoms with E-state index in [1.54, 1.807) is 17.4 Å². The number of thiophene rings is 1. The number of hydrogen-bond donors (Lipinski definition) is 1. The van der Waals surface area contributed by atoms with Crippen LogP contribution in [0.2, 0.25) is 0 Å². The van der Waals surface area contributed by atoms with E-state index >= 15 is 0 Å². The molecule has 27 heavy (non-hydrogen) atoms. The molecule has 1 aliphatic rings. The zero-order valence-electron chi connectivity index (χ0n) is 15.1. The molecule has 0 atom stereocenters. The van der Waals surface area contributed by atoms with Crippen LogP contribution in [-0.2, 0) is 11.2 Å². The lowest BCUT2D eigenvalue weighted by Gasteiger charge is -2.36. The molecule has 0 bridgehead atoms. The maximum Gasteiger partial charge on any atom is 0.236 e. The van der Waals surface area contributed by atoms with Crippen molar-refractivity contribution in [2.45, 2.75) is 13.3 Å². The molecule has 2 aromatic heterocycles. The molecule has 3 aromatic rings. The number of aryl methyl sites for hydroxylation is 1. The first kappa shape index (κ1) is 17.6. The Morgan fingerprint density at radius 1 is 1.19 bits per heavy atom. The summed E-state index contributed by atoms with van der Waals surface area (Å²) in [6.45, 7) is 4.50. The minimum Gasteiger partial charge on any atom is -0.506 e. The SMILES string of the molecule is Cc1oc(-c2cccs2)nc1CC(=O)N1CCN(c2ccccc2O)CC1. The fraction of sp³-hybridized carbons (Fsp3) is 0.300. The third kappa shape index (κ3) is 3.68. The molecule has 1 aliphatic heterocycles. The first-order chi connectivity index (χ1) is 13.1. The maximum atomic E-state index is 12.7. The second-order valence-corrected chi connectivity index (χ2v) is 7.48. The monoisotopic (exact) mass is 383 g/mol. The number of phenolic OH excluding ortho intramolecular Hbond substituents is 1. The summed E-state index contributed by atoms with van der Waals surface area (Å²) in [5, 5.41) is 12.0. The van der Waals surface area contributed by atoms with Crippen molar-refractivity contribution < 1.29 is 14.3 Å². The molecule has 1 saturated heterocycles. The zero-order chi connectivity index (χ0) is 18.8. The fourth-order valence-corrected chi connectivity index (χ4v) is 3.93. The van der Waals surface area contributed by atoms with Gasteiger partial charge < -0.3 is 19.3 Å². The molecule has 1 fully saturated rings. The Balaban J connectivity index is 1.38. The molecule has 3 heterocycles. The summed E-state index contributed by atoms with van der Waals surface area (Å²) in [5.74, 6) is 1.60. The highest BCUT2D eigenvalue weighted by molar-refractivity contribution is 7.13. The van der Waals surface area contributed by atoms with Crippen molar-refractivity contribution >= 4 is 22.9 Å². The van der Waals surface area contributed by atoms with Crippen LogP contribution in [0, 0.1) is 6.92 Å². The number of piperazine rings is 1. The van der Waals surface area contributed by atoms with Crippen LogP contribution in [0.3, 0.4) is 0 Å². The van der Waals surface area contributed by atoms with E-state index < -0.39 is 0 Å². The van der Waals surface area contributed by atoms with Gasteiger partial charge in [-0.15, -0.1) is 11.3 Å². The molecule has 0 aliphatic carbocycles. The maximum absolute atomic E-state index is 12.7. The minimum atomic E-state index is 0.0565. The number of benzene rings is 1. The summed E-state index contributed by atoms with van der Waals surface area (Å²) in [4.78, 5) is 22.1. The van der Waals surface area contributed by atoms with Gasteiger partial charge in [0, 0.05) is 26.2 Å². The van der Waals surface area contributed by atoms with Crippen LogP contribution in [0.1, 0.15) is 11.5 Å². The number of anilines is 1. The number of carbonyl (C=O) groups excluding carboxylic acids is 1. The highest BCUT2D eigenvalue weighted by Gasteiger charge is 2.24. The molecule has 0 unspecified atom stereocenters. The molecule has 1 amide bonds. The Labute approximate surface area is 161 Å². The highest BCUT2D eigenvalue weighted by Crippen LogP contribution is 2.28. The molecular weight excluding hydrogens is 362 g/mol. The lowest BCUT2D eigenvalue weighted by molar-refractivity contribution is -0.130. The Hall–Kier alpha value is -2.80. The Bertz CT molecular complexity index is 928. The lowest BCUT2D eigenvalue weighted by Crippen LogP contribution is -2.49. The smallest absolute Gasteiger partial charge is 0.236 e. The zero-order valence-corrected chi connectivity index (χ0v) is 15.9. The first-order valence-corrected chi connectivity index (χ1v) is 9.80. The fourth-order valence-electron chi connectivity index (χ4n) is 3.28. The number of para-hydroxylation sites is 2. The summed E-state index contributed by atoms with van der Waals surface area (Å²) in [6, 6.07) is 11.2. The van der Waals surface area contributed by atoms with E-state index in [2.05, 4.69) is 9.88 Å². The number of carbonyl (C=O) groups is 1. The first-order valence-electron chi connectivity index (χ1n) is 8.92. The van der Waals surface area contributed by atoms with Crippen LogP contribution in [0.5, 0.6) is 5.75 Å². The summed E-state index contributed by atoms with van der Waals surface area (Å²) in [7, 11) is 0. The number of hydrogen-bond acceptors (Lipinski definition) is 6. The minimum absolute atomic E-state index is 0.0565. The third-order valence-electron chi connectivity index (χ3n) is 4.80. The van der Waals surface area contributed by atoms with E-state index in [9.17, 15) is 9.90 Å². The van der Waals surface area contributed by atoms with Crippen molar-refractivity contribution in [1.29, 1.82) is 0 Å². The summed E-state index contributed by atoms with van der Waals surface area (Å²) >= 11 is 1.57. The van der Waals surface area contributed by atoms with Crippen LogP contribution in [0.25, 0.3) is 10.8 Å². The predicted octanol–water partition coefficient (Wildman–Crippen LogP) is 3.31. The molecule has 0 spiro atoms. The van der Waals surface area contributed by atoms with Gasteiger partial charge in [-0.3, -0.25) is 4.79 Å². The number of phenols is 1. The van der Waals surface area contributed by atoms with E-state index in [1.165, 1.54) is 0 Å². The number of nitrogens with zero attached hydrogens (tertiary/aromatic N) is 3. The van der Waals surface area contributed by atoms with E-state index in [4.69, 9.17) is 4.42 Å². The second kappa shape index (κ2) is 7.44. The van der Waals surface area contributed by atoms with Gasteiger partial charge >= 0.3 is 0 Å². The number of amides is 1. The average molecular weight is 383 g/mol. The van der Waals surface area contributed by atoms with Gasteiger partial charge in [0.2, 0.25) is 11.8 Å². The summed E-state index contributed by atoms with van der Waals surface area (Å²) in [5.41, 5.74) is 1.52. The molecule has 140 valence electrons. The molecule has 0 radical (unpaired) electrons. The molecule has 7 heteroatoms. The van der Waals surface area contributed by atoms with Gasteiger partial charge in [-0.1, -0.05) is 18.2 Å². The third-order valence-corrected chi connectivity index (χ3v) is 5.66. The van der Waals surface area contributed by atoms with Crippen LogP contribution in [-0.4, -0.2) is 47.1 Å². The van der Waals surface area contributed by atoms with Crippen LogP contribution >= 0.6 is 11.3 Å². The Kier molecular flexibility index (Phi) is 4.85. The van der Waals surface area contributed by atoms with Crippen molar-refractivity contribution in [3.8, 4) is 16.5 Å². The molecule has 6 nitrogen and oxygen atoms in total. The number of rotatable bonds is 4. The Morgan fingerprint density at radius 2 is 1.96 bits per heavy atom. The van der Waals surface area contributed by atoms with Crippen LogP contribution in [0.15, 0.2) is 46.2 Å². The standard InChI is InChI=1S/C20H21N3O3S/c1-14-15(21-20(26-14)18-7-4-12-27-18)13-19(25)23-10-8-22(9-11-23)16-5-2-3-6-17(16)24/h2-7,12,24H,8-11,13H2,1H3. The molecular formula is C20H21N3O3S. The largest absolute Gasteiger partial charge is 0.506 e. The highest BCUT2D eigenvalue weighted by atomic mass is 32.1. The van der Waals surface area contributed by atoms with Crippen LogP contribution < -0.4 is 4.90 Å². The van der Waals surface area contributed by atoms with E-state index in [-0.39, 0.29) is 18.1 Å². The van der Waals surface area contributed by atoms with E-state index in [0.717, 1.165) is 10.6 Å². The van der Waals surface area contributed by atoms with Crippen LogP contribution in [0.4, 0.5) is 5.69 Å². The van der Waals surface area contributed by atoms with E-state index in [1.807, 2.05) is 47.5 Å². The van der Waals surface area contributed by atoms with E-state index in [0.29, 0.717) is 43.5 Å². The van der Waals surface area contributed by atoms with Crippen molar-refractivity contribution in [2.24, 2.45) is 0 Å². The summed E-state index contributed by atoms with van der Waals surface area (Å²) in [6.07, 6.45) is 0.247. The van der Waals surface area contributed by atoms with Gasteiger partial charge in [-0.2, -0.15) is 0 Å². The molecule has 4 rings (SSSR count). The second-order valence-electron chi connectivity index (χ2n) is 6.53. The normalized spacial score (nSPS) is 14.6. The molecule has 1 aromatic carbocycles. The Morgan fingerprint density at radius 3 is 2.67 bits per heavy atom. The van der Waals surface area contributed by atoms with Gasteiger partial charge in [0.05, 0.1) is 22.7 Å².